The lowest BCUT2D eigenvalue weighted by Gasteiger charge is -2.09. The highest BCUT2D eigenvalue weighted by atomic mass is 32.2. The van der Waals surface area contributed by atoms with E-state index < -0.39 is 10.0 Å². The monoisotopic (exact) mass is 373 g/mol. The quantitative estimate of drug-likeness (QED) is 0.673. The van der Waals surface area contributed by atoms with Gasteiger partial charge in [0.15, 0.2) is 0 Å². The molecule has 0 radical (unpaired) electrons. The highest BCUT2D eigenvalue weighted by Gasteiger charge is 2.13. The fourth-order valence-corrected chi connectivity index (χ4v) is 3.87. The smallest absolute Gasteiger partial charge is 0.240 e. The summed E-state index contributed by atoms with van der Waals surface area (Å²) in [5.74, 6) is 0.905. The number of rotatable bonds is 6. The fraction of sp³-hybridized carbons (Fsp3) is 0.167. The molecule has 1 heterocycles. The maximum absolute atomic E-state index is 12.4. The van der Waals surface area contributed by atoms with Crippen molar-refractivity contribution in [1.29, 1.82) is 0 Å². The Kier molecular flexibility index (Phi) is 5.27. The Morgan fingerprint density at radius 3 is 2.32 bits per heavy atom. The molecule has 0 bridgehead atoms. The van der Waals surface area contributed by atoms with Gasteiger partial charge in [0.1, 0.15) is 5.82 Å². The third-order valence-electron chi connectivity index (χ3n) is 3.88. The molecule has 0 unspecified atom stereocenters. The zero-order valence-corrected chi connectivity index (χ0v) is 15.6. The molecule has 1 N–H and O–H groups in total. The average molecular weight is 374 g/mol. The molecule has 1 aromatic heterocycles. The number of aryl methyl sites for hydroxylation is 1. The normalized spacial score (nSPS) is 11.6. The Morgan fingerprint density at radius 2 is 1.76 bits per heavy atom. The van der Waals surface area contributed by atoms with Gasteiger partial charge in [0.05, 0.1) is 4.90 Å². The van der Waals surface area contributed by atoms with Crippen LogP contribution in [0.3, 0.4) is 0 Å². The molecule has 25 heavy (non-hydrogen) atoms. The number of nitrogens with one attached hydrogen (secondary N) is 1. The van der Waals surface area contributed by atoms with Gasteiger partial charge < -0.3 is 4.57 Å². The van der Waals surface area contributed by atoms with Gasteiger partial charge in [0, 0.05) is 29.5 Å². The van der Waals surface area contributed by atoms with Gasteiger partial charge in [-0.1, -0.05) is 12.1 Å². The molecule has 130 valence electrons. The van der Waals surface area contributed by atoms with E-state index >= 15 is 0 Å². The molecule has 0 amide bonds. The molecule has 0 atom stereocenters. The van der Waals surface area contributed by atoms with Crippen LogP contribution in [0.25, 0.3) is 5.69 Å². The molecule has 0 saturated carbocycles. The van der Waals surface area contributed by atoms with E-state index in [-0.39, 0.29) is 11.4 Å². The standard InChI is InChI=1S/C18H19N3O2S2/c1-14-19-11-12-21(14)16-5-3-15(4-6-16)13-20-25(22,23)18-9-7-17(24-2)8-10-18/h3-12,20H,13H2,1-2H3. The van der Waals surface area contributed by atoms with E-state index in [1.165, 1.54) is 0 Å². The third kappa shape index (κ3) is 4.12. The Balaban J connectivity index is 1.69. The summed E-state index contributed by atoms with van der Waals surface area (Å²) < 4.78 is 29.4. The van der Waals surface area contributed by atoms with Crippen molar-refractivity contribution in [2.24, 2.45) is 0 Å². The SMILES string of the molecule is CSc1ccc(S(=O)(=O)NCc2ccc(-n3ccnc3C)cc2)cc1. The van der Waals surface area contributed by atoms with E-state index in [9.17, 15) is 8.42 Å². The number of sulfonamides is 1. The van der Waals surface area contributed by atoms with Crippen LogP contribution in [0.2, 0.25) is 0 Å². The molecule has 0 saturated heterocycles. The van der Waals surface area contributed by atoms with Crippen molar-refractivity contribution in [3.63, 3.8) is 0 Å². The van der Waals surface area contributed by atoms with E-state index in [0.29, 0.717) is 0 Å². The van der Waals surface area contributed by atoms with E-state index in [2.05, 4.69) is 9.71 Å². The van der Waals surface area contributed by atoms with Crippen molar-refractivity contribution in [2.45, 2.75) is 23.3 Å². The zero-order chi connectivity index (χ0) is 17.9. The maximum Gasteiger partial charge on any atom is 0.240 e. The van der Waals surface area contributed by atoms with Gasteiger partial charge in [-0.2, -0.15) is 0 Å². The molecule has 2 aromatic carbocycles. The minimum absolute atomic E-state index is 0.246. The summed E-state index contributed by atoms with van der Waals surface area (Å²) in [6.07, 6.45) is 5.60. The summed E-state index contributed by atoms with van der Waals surface area (Å²) in [6.45, 7) is 2.18. The summed E-state index contributed by atoms with van der Waals surface area (Å²) in [7, 11) is -3.52. The van der Waals surface area contributed by atoms with E-state index in [1.54, 1.807) is 30.1 Å². The van der Waals surface area contributed by atoms with Crippen LogP contribution in [0.4, 0.5) is 0 Å². The van der Waals surface area contributed by atoms with Gasteiger partial charge in [0.2, 0.25) is 10.0 Å². The second kappa shape index (κ2) is 7.43. The lowest BCUT2D eigenvalue weighted by molar-refractivity contribution is 0.581. The number of nitrogens with zero attached hydrogens (tertiary/aromatic N) is 2. The Morgan fingerprint density at radius 1 is 1.08 bits per heavy atom. The van der Waals surface area contributed by atoms with E-state index in [0.717, 1.165) is 22.0 Å². The van der Waals surface area contributed by atoms with Gasteiger partial charge in [-0.15, -0.1) is 11.8 Å². The molecular formula is C18H19N3O2S2. The third-order valence-corrected chi connectivity index (χ3v) is 6.04. The minimum Gasteiger partial charge on any atom is -0.304 e. The molecule has 0 aliphatic heterocycles. The Labute approximate surface area is 152 Å². The van der Waals surface area contributed by atoms with Crippen LogP contribution >= 0.6 is 11.8 Å². The summed E-state index contributed by atoms with van der Waals surface area (Å²) in [5, 5.41) is 0. The Bertz CT molecular complexity index is 947. The zero-order valence-electron chi connectivity index (χ0n) is 14.0. The largest absolute Gasteiger partial charge is 0.304 e. The van der Waals surface area contributed by atoms with Crippen molar-refractivity contribution in [3.05, 3.63) is 72.3 Å². The lowest BCUT2D eigenvalue weighted by Crippen LogP contribution is -2.23. The van der Waals surface area contributed by atoms with Crippen LogP contribution in [0, 0.1) is 6.92 Å². The van der Waals surface area contributed by atoms with Crippen LogP contribution in [0.15, 0.2) is 70.7 Å². The number of hydrogen-bond donors (Lipinski definition) is 1. The van der Waals surface area contributed by atoms with Crippen LogP contribution in [-0.2, 0) is 16.6 Å². The maximum atomic E-state index is 12.4. The summed E-state index contributed by atoms with van der Waals surface area (Å²) in [6, 6.07) is 14.6. The Hall–Kier alpha value is -2.09. The van der Waals surface area contributed by atoms with Gasteiger partial charge >= 0.3 is 0 Å². The average Bonchev–Trinajstić information content (AvgIpc) is 3.06. The van der Waals surface area contributed by atoms with Crippen molar-refractivity contribution >= 4 is 21.8 Å². The predicted molar refractivity (Wildman–Crippen MR) is 101 cm³/mol. The van der Waals surface area contributed by atoms with Crippen molar-refractivity contribution < 1.29 is 8.42 Å². The van der Waals surface area contributed by atoms with Crippen molar-refractivity contribution in [3.8, 4) is 5.69 Å². The second-order valence-corrected chi connectivity index (χ2v) is 8.16. The van der Waals surface area contributed by atoms with Gasteiger partial charge in [0.25, 0.3) is 0 Å². The molecule has 0 fully saturated rings. The summed E-state index contributed by atoms with van der Waals surface area (Å²) in [5.41, 5.74) is 1.89. The van der Waals surface area contributed by atoms with Crippen LogP contribution in [0.1, 0.15) is 11.4 Å². The van der Waals surface area contributed by atoms with Gasteiger partial charge in [-0.3, -0.25) is 0 Å². The first-order chi connectivity index (χ1) is 12.0. The molecule has 3 rings (SSSR count). The lowest BCUT2D eigenvalue weighted by atomic mass is 10.2. The first-order valence-electron chi connectivity index (χ1n) is 7.72. The topological polar surface area (TPSA) is 64.0 Å². The van der Waals surface area contributed by atoms with E-state index in [4.69, 9.17) is 0 Å². The minimum atomic E-state index is -3.52. The van der Waals surface area contributed by atoms with Gasteiger partial charge in [-0.05, 0) is 55.1 Å². The second-order valence-electron chi connectivity index (χ2n) is 5.51. The molecule has 7 heteroatoms. The van der Waals surface area contributed by atoms with Crippen molar-refractivity contribution in [2.75, 3.05) is 6.26 Å². The molecule has 0 aliphatic rings. The van der Waals surface area contributed by atoms with Gasteiger partial charge in [-0.25, -0.2) is 18.1 Å². The predicted octanol–water partition coefficient (Wildman–Crippen LogP) is 3.38. The molecule has 0 spiro atoms. The van der Waals surface area contributed by atoms with Crippen LogP contribution in [0.5, 0.6) is 0 Å². The first kappa shape index (κ1) is 17.7. The number of imidazole rings is 1. The molecule has 0 aliphatic carbocycles. The summed E-state index contributed by atoms with van der Waals surface area (Å²) >= 11 is 1.58. The molecule has 3 aromatic rings. The number of benzene rings is 2. The number of hydrogen-bond acceptors (Lipinski definition) is 4. The highest BCUT2D eigenvalue weighted by Crippen LogP contribution is 2.18. The summed E-state index contributed by atoms with van der Waals surface area (Å²) in [4.78, 5) is 5.51. The van der Waals surface area contributed by atoms with Crippen LogP contribution < -0.4 is 4.72 Å². The number of aromatic nitrogens is 2. The van der Waals surface area contributed by atoms with Crippen molar-refractivity contribution in [1.82, 2.24) is 14.3 Å². The molecular weight excluding hydrogens is 354 g/mol. The fourth-order valence-electron chi connectivity index (χ4n) is 2.44. The highest BCUT2D eigenvalue weighted by molar-refractivity contribution is 7.98. The molecule has 5 nitrogen and oxygen atoms in total. The number of thioether (sulfide) groups is 1. The van der Waals surface area contributed by atoms with Crippen LogP contribution in [-0.4, -0.2) is 24.2 Å². The van der Waals surface area contributed by atoms with E-state index in [1.807, 2.05) is 60.3 Å². The first-order valence-corrected chi connectivity index (χ1v) is 10.4.